The van der Waals surface area contributed by atoms with Crippen LogP contribution >= 0.6 is 0 Å². The second kappa shape index (κ2) is 22.5. The van der Waals surface area contributed by atoms with E-state index in [-0.39, 0.29) is 5.54 Å². The van der Waals surface area contributed by atoms with Gasteiger partial charge in [-0.15, -0.1) is 0 Å². The van der Waals surface area contributed by atoms with Crippen LogP contribution < -0.4 is 15.6 Å². The van der Waals surface area contributed by atoms with E-state index in [0.29, 0.717) is 0 Å². The molecule has 0 atom stereocenters. The smallest absolute Gasteiger partial charge is 0.0647 e. The zero-order valence-electron chi connectivity index (χ0n) is 46.9. The Morgan fingerprint density at radius 1 is 0.224 bits per heavy atom. The third-order valence-electron chi connectivity index (χ3n) is 16.7. The fraction of sp³-hybridized carbons (Fsp3) is 0.227. The van der Waals surface area contributed by atoms with Crippen molar-refractivity contribution in [1.82, 2.24) is 0 Å². The molecule has 0 aliphatic heterocycles. The minimum atomic E-state index is -3.26. The van der Waals surface area contributed by atoms with Crippen LogP contribution in [-0.2, 0) is 38.5 Å². The van der Waals surface area contributed by atoms with E-state index in [0.717, 1.165) is 38.5 Å². The second-order valence-electron chi connectivity index (χ2n) is 22.9. The van der Waals surface area contributed by atoms with Crippen LogP contribution in [0.25, 0.3) is 0 Å². The van der Waals surface area contributed by atoms with Gasteiger partial charge in [0.05, 0.1) is 0 Å². The number of benzene rings is 9. The van der Waals surface area contributed by atoms with E-state index in [9.17, 15) is 0 Å². The third-order valence-corrected chi connectivity index (χ3v) is 22.1. The molecule has 380 valence electrons. The molecular weight excluding hydrogens is 929 g/mol. The number of aryl methyl sites for hydroxylation is 6. The first-order valence-corrected chi connectivity index (χ1v) is 29.8. The number of hydrogen-bond donors (Lipinski definition) is 0. The van der Waals surface area contributed by atoms with Crippen LogP contribution in [0.5, 0.6) is 0 Å². The Morgan fingerprint density at radius 2 is 0.395 bits per heavy atom. The van der Waals surface area contributed by atoms with Gasteiger partial charge in [-0.1, -0.05) is 245 Å². The van der Waals surface area contributed by atoms with Crippen molar-refractivity contribution in [1.29, 1.82) is 0 Å². The minimum Gasteiger partial charge on any atom is -0.0647 e. The lowest BCUT2D eigenvalue weighted by Crippen LogP contribution is -2.70. The summed E-state index contributed by atoms with van der Waals surface area (Å²) in [6.07, 6.45) is 5.19. The molecule has 0 spiro atoms. The molecule has 1 aliphatic carbocycles. The van der Waals surface area contributed by atoms with Gasteiger partial charge >= 0.3 is 0 Å². The summed E-state index contributed by atoms with van der Waals surface area (Å²) in [4.78, 5) is 0. The summed E-state index contributed by atoms with van der Waals surface area (Å²) >= 11 is 0. The molecule has 9 aromatic rings. The molecule has 0 unspecified atom stereocenters. The highest BCUT2D eigenvalue weighted by molar-refractivity contribution is 7.13. The molecule has 76 heavy (non-hydrogen) atoms. The van der Waals surface area contributed by atoms with Crippen LogP contribution in [0.15, 0.2) is 222 Å². The molecule has 9 aromatic carbocycles. The number of rotatable bonds is 16. The lowest BCUT2D eigenvalue weighted by Gasteiger charge is -2.42. The number of allylic oxidation sites excluding steroid dienone is 4. The maximum atomic E-state index is 2.69. The summed E-state index contributed by atoms with van der Waals surface area (Å²) < 4.78 is 0. The lowest BCUT2D eigenvalue weighted by atomic mass is 9.98. The molecule has 0 radical (unpaired) electrons. The third kappa shape index (κ3) is 11.7. The highest BCUT2D eigenvalue weighted by Gasteiger charge is 2.51. The predicted octanol–water partition coefficient (Wildman–Crippen LogP) is 16.6. The molecule has 0 N–H and O–H groups in total. The first-order chi connectivity index (χ1) is 36.6. The van der Waals surface area contributed by atoms with Crippen LogP contribution in [0.2, 0.25) is 5.54 Å². The largest absolute Gasteiger partial charge is 0.159 e. The normalized spacial score (nSPS) is 13.0. The number of hydrogen-bond acceptors (Lipinski definition) is 0. The standard InChI is InChI=1S/C75H76Si/c1-50-11-23-60(24-12-50)35-66-41-67(36-61-25-13-51(2)14-26-61)45-72(44-66)76(75-58(9)56(7)57(8)59(75)10,73-46-68(37-62-27-15-52(3)16-28-62)42-69(47-73)38-63-29-17-53(4)18-30-63)74-48-70(39-64-31-19-54(5)20-32-64)43-71(49-74)40-65-33-21-55(6)22-34-65/h11-34,41-49,75H,35-40H2,1-10H3. The monoisotopic (exact) mass is 1000 g/mol. The maximum absolute atomic E-state index is 3.26. The highest BCUT2D eigenvalue weighted by Crippen LogP contribution is 2.47. The van der Waals surface area contributed by atoms with E-state index >= 15 is 0 Å². The predicted molar refractivity (Wildman–Crippen MR) is 328 cm³/mol. The summed E-state index contributed by atoms with van der Waals surface area (Å²) in [5, 5.41) is 4.48. The van der Waals surface area contributed by atoms with E-state index < -0.39 is 8.07 Å². The summed E-state index contributed by atoms with van der Waals surface area (Å²) in [6, 6.07) is 79.2. The molecule has 0 amide bonds. The SMILES string of the molecule is CC1=C(C)C([Si](c2cc(Cc3ccc(C)cc3)cc(Cc3ccc(C)cc3)c2)(c2cc(Cc3ccc(C)cc3)cc(Cc3ccc(C)cc3)c2)c2cc(Cc3ccc(C)cc3)cc(Cc3ccc(C)cc3)c2)C(C)=C1C. The summed E-state index contributed by atoms with van der Waals surface area (Å²) in [6.45, 7) is 22.9. The maximum Gasteiger partial charge on any atom is 0.159 e. The fourth-order valence-electron chi connectivity index (χ4n) is 12.2. The summed E-state index contributed by atoms with van der Waals surface area (Å²) in [7, 11) is -3.26. The van der Waals surface area contributed by atoms with E-state index in [1.165, 1.54) is 138 Å². The Hall–Kier alpha value is -7.32. The molecule has 1 aliphatic rings. The zero-order valence-corrected chi connectivity index (χ0v) is 47.9. The molecule has 0 nitrogen and oxygen atoms in total. The summed E-state index contributed by atoms with van der Waals surface area (Å²) in [5.74, 6) is 0. The first-order valence-electron chi connectivity index (χ1n) is 27.7. The van der Waals surface area contributed by atoms with Gasteiger partial charge in [-0.2, -0.15) is 0 Å². The molecule has 0 saturated carbocycles. The summed E-state index contributed by atoms with van der Waals surface area (Å²) in [5.41, 5.74) is 30.2. The fourth-order valence-corrected chi connectivity index (χ4v) is 18.4. The van der Waals surface area contributed by atoms with Crippen molar-refractivity contribution in [2.24, 2.45) is 0 Å². The zero-order chi connectivity index (χ0) is 53.1. The van der Waals surface area contributed by atoms with Crippen molar-refractivity contribution in [3.8, 4) is 0 Å². The van der Waals surface area contributed by atoms with Gasteiger partial charge in [0.25, 0.3) is 0 Å². The van der Waals surface area contributed by atoms with Gasteiger partial charge in [-0.3, -0.25) is 0 Å². The molecule has 0 fully saturated rings. The Morgan fingerprint density at radius 3 is 0.566 bits per heavy atom. The van der Waals surface area contributed by atoms with Gasteiger partial charge in [-0.05, 0) is 201 Å². The van der Waals surface area contributed by atoms with Gasteiger partial charge in [0.15, 0.2) is 8.07 Å². The molecule has 0 bridgehead atoms. The van der Waals surface area contributed by atoms with Crippen LogP contribution in [0.1, 0.15) is 128 Å². The molecule has 0 aromatic heterocycles. The lowest BCUT2D eigenvalue weighted by molar-refractivity contribution is 1.08. The Kier molecular flexibility index (Phi) is 15.4. The van der Waals surface area contributed by atoms with Crippen LogP contribution in [0.3, 0.4) is 0 Å². The van der Waals surface area contributed by atoms with Crippen molar-refractivity contribution >= 4 is 23.6 Å². The van der Waals surface area contributed by atoms with Crippen molar-refractivity contribution < 1.29 is 0 Å². The van der Waals surface area contributed by atoms with Crippen molar-refractivity contribution in [2.75, 3.05) is 0 Å². The highest BCUT2D eigenvalue weighted by atomic mass is 28.3. The molecule has 0 heterocycles. The average molecular weight is 1010 g/mol. The molecular formula is C75H76Si. The van der Waals surface area contributed by atoms with Gasteiger partial charge in [0.1, 0.15) is 0 Å². The molecule has 0 saturated heterocycles. The van der Waals surface area contributed by atoms with Crippen molar-refractivity contribution in [2.45, 2.75) is 113 Å². The van der Waals surface area contributed by atoms with E-state index in [1.54, 1.807) is 0 Å². The van der Waals surface area contributed by atoms with Crippen LogP contribution in [0.4, 0.5) is 0 Å². The van der Waals surface area contributed by atoms with Crippen molar-refractivity contribution in [3.05, 3.63) is 323 Å². The minimum absolute atomic E-state index is 0.179. The van der Waals surface area contributed by atoms with Crippen LogP contribution in [0, 0.1) is 41.5 Å². The first kappa shape index (κ1) is 52.1. The Balaban J connectivity index is 1.33. The van der Waals surface area contributed by atoms with E-state index in [1.807, 2.05) is 0 Å². The molecule has 10 rings (SSSR count). The van der Waals surface area contributed by atoms with E-state index in [4.69, 9.17) is 0 Å². The quantitative estimate of drug-likeness (QED) is 0.0668. The van der Waals surface area contributed by atoms with Gasteiger partial charge in [0.2, 0.25) is 0 Å². The van der Waals surface area contributed by atoms with Gasteiger partial charge in [0, 0.05) is 5.54 Å². The van der Waals surface area contributed by atoms with Gasteiger partial charge < -0.3 is 0 Å². The van der Waals surface area contributed by atoms with Crippen molar-refractivity contribution in [3.63, 3.8) is 0 Å². The Bertz CT molecular complexity index is 3000. The van der Waals surface area contributed by atoms with Crippen LogP contribution in [-0.4, -0.2) is 8.07 Å². The Labute approximate surface area is 457 Å². The van der Waals surface area contributed by atoms with E-state index in [2.05, 4.69) is 269 Å². The van der Waals surface area contributed by atoms with Gasteiger partial charge in [-0.25, -0.2) is 0 Å². The molecule has 1 heteroatoms. The second-order valence-corrected chi connectivity index (χ2v) is 26.9. The topological polar surface area (TPSA) is 0 Å². The average Bonchev–Trinajstić information content (AvgIpc) is 3.60.